The number of hydrogen-bond acceptors (Lipinski definition) is 2. The van der Waals surface area contributed by atoms with Gasteiger partial charge in [0.2, 0.25) is 10.0 Å². The molecule has 0 aromatic rings. The summed E-state index contributed by atoms with van der Waals surface area (Å²) >= 11 is 0. The molecule has 0 heterocycles. The third-order valence-corrected chi connectivity index (χ3v) is 8.76. The zero-order valence-corrected chi connectivity index (χ0v) is 13.1. The Bertz CT molecular complexity index is 443. The van der Waals surface area contributed by atoms with Crippen molar-refractivity contribution in [2.45, 2.75) is 81.4 Å². The van der Waals surface area contributed by atoms with Crippen molar-refractivity contribution >= 4 is 10.0 Å². The zero-order valence-electron chi connectivity index (χ0n) is 12.3. The molecule has 0 aromatic carbocycles. The van der Waals surface area contributed by atoms with Crippen LogP contribution in [-0.2, 0) is 10.0 Å². The Kier molecular flexibility index (Phi) is 3.19. The maximum absolute atomic E-state index is 13.0. The normalized spacial score (nSPS) is 44.9. The topological polar surface area (TPSA) is 46.2 Å². The van der Waals surface area contributed by atoms with E-state index in [0.717, 1.165) is 32.1 Å². The molecule has 0 aromatic heterocycles. The van der Waals surface area contributed by atoms with E-state index in [2.05, 4.69) is 4.72 Å². The number of hydrogen-bond donors (Lipinski definition) is 1. The van der Waals surface area contributed by atoms with Gasteiger partial charge in [-0.1, -0.05) is 19.3 Å². The van der Waals surface area contributed by atoms with Gasteiger partial charge in [-0.3, -0.25) is 0 Å². The number of rotatable bonds is 3. The summed E-state index contributed by atoms with van der Waals surface area (Å²) in [6, 6.07) is 0.224. The molecule has 0 aliphatic heterocycles. The highest BCUT2D eigenvalue weighted by atomic mass is 32.2. The van der Waals surface area contributed by atoms with Crippen molar-refractivity contribution in [3.8, 4) is 0 Å². The fourth-order valence-corrected chi connectivity index (χ4v) is 8.22. The van der Waals surface area contributed by atoms with Gasteiger partial charge < -0.3 is 0 Å². The van der Waals surface area contributed by atoms with Crippen molar-refractivity contribution in [3.05, 3.63) is 0 Å². The summed E-state index contributed by atoms with van der Waals surface area (Å²) in [5, 5.41) is 0. The molecule has 0 amide bonds. The van der Waals surface area contributed by atoms with Crippen LogP contribution in [0.15, 0.2) is 0 Å². The lowest BCUT2D eigenvalue weighted by molar-refractivity contribution is 0.0331. The molecule has 4 heteroatoms. The lowest BCUT2D eigenvalue weighted by Crippen LogP contribution is -2.59. The average molecular weight is 297 g/mol. The summed E-state index contributed by atoms with van der Waals surface area (Å²) in [4.78, 5) is 0. The van der Waals surface area contributed by atoms with E-state index in [1.54, 1.807) is 0 Å². The largest absolute Gasteiger partial charge is 0.217 e. The molecule has 1 N–H and O–H groups in total. The van der Waals surface area contributed by atoms with E-state index in [1.807, 2.05) is 0 Å². The second kappa shape index (κ2) is 4.70. The van der Waals surface area contributed by atoms with Crippen LogP contribution >= 0.6 is 0 Å². The first-order chi connectivity index (χ1) is 9.56. The minimum atomic E-state index is -3.13. The Morgan fingerprint density at radius 2 is 1.30 bits per heavy atom. The van der Waals surface area contributed by atoms with Crippen LogP contribution in [0.3, 0.4) is 0 Å². The molecule has 5 aliphatic carbocycles. The molecule has 5 rings (SSSR count). The van der Waals surface area contributed by atoms with Gasteiger partial charge in [0.25, 0.3) is 0 Å². The van der Waals surface area contributed by atoms with E-state index >= 15 is 0 Å². The molecule has 0 atom stereocenters. The van der Waals surface area contributed by atoms with Gasteiger partial charge in [0.05, 0.1) is 4.75 Å². The van der Waals surface area contributed by atoms with Crippen molar-refractivity contribution < 1.29 is 8.42 Å². The van der Waals surface area contributed by atoms with Crippen molar-refractivity contribution in [3.63, 3.8) is 0 Å². The fraction of sp³-hybridized carbons (Fsp3) is 1.00. The molecule has 20 heavy (non-hydrogen) atoms. The van der Waals surface area contributed by atoms with Crippen LogP contribution in [0.5, 0.6) is 0 Å². The number of nitrogens with one attached hydrogen (secondary N) is 1. The molecule has 114 valence electrons. The third kappa shape index (κ3) is 2.14. The quantitative estimate of drug-likeness (QED) is 0.869. The second-order valence-corrected chi connectivity index (χ2v) is 10.2. The highest BCUT2D eigenvalue weighted by Crippen LogP contribution is 2.58. The molecular formula is C16H27NO2S. The van der Waals surface area contributed by atoms with Gasteiger partial charge in [0, 0.05) is 6.04 Å². The summed E-state index contributed by atoms with van der Waals surface area (Å²) < 4.78 is 28.8. The van der Waals surface area contributed by atoms with Crippen molar-refractivity contribution in [1.82, 2.24) is 4.72 Å². The third-order valence-electron chi connectivity index (χ3n) is 6.48. The molecule has 0 unspecified atom stereocenters. The monoisotopic (exact) mass is 297 g/mol. The van der Waals surface area contributed by atoms with Gasteiger partial charge in [0.15, 0.2) is 0 Å². The van der Waals surface area contributed by atoms with Gasteiger partial charge in [0.1, 0.15) is 0 Å². The first-order valence-corrected chi connectivity index (χ1v) is 10.1. The summed E-state index contributed by atoms with van der Waals surface area (Å²) in [6.45, 7) is 0. The lowest BCUT2D eigenvalue weighted by Gasteiger charge is -2.56. The summed E-state index contributed by atoms with van der Waals surface area (Å²) in [5.41, 5.74) is 0. The van der Waals surface area contributed by atoms with Crippen LogP contribution in [0.4, 0.5) is 0 Å². The SMILES string of the molecule is O=S(=O)(NC1CCCCC1)C12CC3CC(CC(C3)C1)C2. The van der Waals surface area contributed by atoms with Gasteiger partial charge in [-0.15, -0.1) is 0 Å². The maximum Gasteiger partial charge on any atom is 0.217 e. The smallest absolute Gasteiger partial charge is 0.212 e. The first-order valence-electron chi connectivity index (χ1n) is 8.58. The lowest BCUT2D eigenvalue weighted by atomic mass is 9.56. The van der Waals surface area contributed by atoms with Crippen LogP contribution in [0, 0.1) is 17.8 Å². The average Bonchev–Trinajstić information content (AvgIpc) is 2.37. The molecule has 3 nitrogen and oxygen atoms in total. The van der Waals surface area contributed by atoms with Crippen molar-refractivity contribution in [1.29, 1.82) is 0 Å². The molecule has 4 bridgehead atoms. The number of sulfonamides is 1. The molecule has 0 saturated heterocycles. The minimum absolute atomic E-state index is 0.224. The van der Waals surface area contributed by atoms with E-state index < -0.39 is 10.0 Å². The highest BCUT2D eigenvalue weighted by Gasteiger charge is 2.57. The summed E-state index contributed by atoms with van der Waals surface area (Å²) in [5.74, 6) is 2.09. The van der Waals surface area contributed by atoms with E-state index in [1.165, 1.54) is 38.5 Å². The van der Waals surface area contributed by atoms with E-state index in [-0.39, 0.29) is 10.8 Å². The Balaban J connectivity index is 1.55. The van der Waals surface area contributed by atoms with Crippen molar-refractivity contribution in [2.75, 3.05) is 0 Å². The van der Waals surface area contributed by atoms with Crippen molar-refractivity contribution in [2.24, 2.45) is 17.8 Å². The molecule has 0 spiro atoms. The van der Waals surface area contributed by atoms with Gasteiger partial charge in [-0.25, -0.2) is 13.1 Å². The van der Waals surface area contributed by atoms with Gasteiger partial charge >= 0.3 is 0 Å². The van der Waals surface area contributed by atoms with Gasteiger partial charge in [-0.2, -0.15) is 0 Å². The Morgan fingerprint density at radius 1 is 0.800 bits per heavy atom. The highest BCUT2D eigenvalue weighted by molar-refractivity contribution is 7.90. The summed E-state index contributed by atoms with van der Waals surface area (Å²) in [6.07, 6.45) is 12.5. The standard InChI is InChI=1S/C16H27NO2S/c18-20(19,17-15-4-2-1-3-5-15)16-9-12-6-13(10-16)8-14(7-12)11-16/h12-15,17H,1-11H2. The van der Waals surface area contributed by atoms with Gasteiger partial charge in [-0.05, 0) is 69.1 Å². The second-order valence-electron chi connectivity index (χ2n) is 8.06. The molecule has 5 fully saturated rings. The van der Waals surface area contributed by atoms with E-state index in [9.17, 15) is 8.42 Å². The predicted molar refractivity (Wildman–Crippen MR) is 79.8 cm³/mol. The minimum Gasteiger partial charge on any atom is -0.212 e. The Labute approximate surface area is 123 Å². The molecule has 0 radical (unpaired) electrons. The van der Waals surface area contributed by atoms with Crippen LogP contribution < -0.4 is 4.72 Å². The first kappa shape index (κ1) is 13.6. The van der Waals surface area contributed by atoms with Crippen LogP contribution in [-0.4, -0.2) is 19.2 Å². The Hall–Kier alpha value is -0.0900. The predicted octanol–water partition coefficient (Wildman–Crippen LogP) is 3.21. The molecule has 5 saturated carbocycles. The van der Waals surface area contributed by atoms with Crippen LogP contribution in [0.1, 0.15) is 70.6 Å². The molecule has 5 aliphatic rings. The fourth-order valence-electron chi connectivity index (χ4n) is 5.93. The maximum atomic E-state index is 13.0. The van der Waals surface area contributed by atoms with Crippen LogP contribution in [0.2, 0.25) is 0 Å². The Morgan fingerprint density at radius 3 is 1.80 bits per heavy atom. The summed E-state index contributed by atoms with van der Waals surface area (Å²) in [7, 11) is -3.13. The van der Waals surface area contributed by atoms with Crippen LogP contribution in [0.25, 0.3) is 0 Å². The zero-order chi connectivity index (χ0) is 13.8. The van der Waals surface area contributed by atoms with E-state index in [4.69, 9.17) is 0 Å². The molecular weight excluding hydrogens is 270 g/mol. The van der Waals surface area contributed by atoms with E-state index in [0.29, 0.717) is 17.8 Å².